The van der Waals surface area contributed by atoms with Gasteiger partial charge in [-0.1, -0.05) is 12.1 Å². The van der Waals surface area contributed by atoms with Crippen molar-refractivity contribution < 1.29 is 0 Å². The van der Waals surface area contributed by atoms with Crippen molar-refractivity contribution in [1.82, 2.24) is 0 Å². The van der Waals surface area contributed by atoms with Gasteiger partial charge in [0.25, 0.3) is 0 Å². The highest BCUT2D eigenvalue weighted by molar-refractivity contribution is 7.13. The third-order valence-corrected chi connectivity index (χ3v) is 3.20. The highest BCUT2D eigenvalue weighted by Gasteiger charge is 2.02. The third kappa shape index (κ3) is 1.55. The smallest absolute Gasteiger partial charge is 0.0991 e. The van der Waals surface area contributed by atoms with Crippen LogP contribution in [0.25, 0.3) is 10.4 Å². The summed E-state index contributed by atoms with van der Waals surface area (Å²) < 4.78 is 0. The van der Waals surface area contributed by atoms with E-state index in [0.29, 0.717) is 5.56 Å². The molecule has 1 nitrogen and oxygen atoms in total. The Hall–Kier alpha value is -1.59. The molecule has 2 aromatic rings. The summed E-state index contributed by atoms with van der Waals surface area (Å²) in [6.07, 6.45) is 0. The number of thiophene rings is 1. The minimum Gasteiger partial charge on any atom is -0.192 e. The maximum absolute atomic E-state index is 8.67. The molecule has 0 saturated carbocycles. The van der Waals surface area contributed by atoms with Crippen molar-refractivity contribution in [3.63, 3.8) is 0 Å². The molecule has 0 amide bonds. The maximum Gasteiger partial charge on any atom is 0.0991 e. The molecular weight excluding hydrogens is 190 g/mol. The average Bonchev–Trinajstić information content (AvgIpc) is 2.65. The highest BCUT2D eigenvalue weighted by Crippen LogP contribution is 2.28. The van der Waals surface area contributed by atoms with Gasteiger partial charge in [-0.05, 0) is 41.6 Å². The molecule has 0 N–H and O–H groups in total. The van der Waals surface area contributed by atoms with Crippen LogP contribution in [0, 0.1) is 18.3 Å². The summed E-state index contributed by atoms with van der Waals surface area (Å²) in [6, 6.07) is 11.9. The third-order valence-electron chi connectivity index (χ3n) is 2.14. The van der Waals surface area contributed by atoms with Crippen LogP contribution in [-0.4, -0.2) is 0 Å². The molecule has 0 atom stereocenters. The van der Waals surface area contributed by atoms with E-state index in [9.17, 15) is 0 Å². The quantitative estimate of drug-likeness (QED) is 0.688. The van der Waals surface area contributed by atoms with E-state index >= 15 is 0 Å². The van der Waals surface area contributed by atoms with Crippen LogP contribution in [0.4, 0.5) is 0 Å². The number of aryl methyl sites for hydroxylation is 1. The molecule has 0 saturated heterocycles. The molecular formula is C12H9NS. The molecule has 0 spiro atoms. The lowest BCUT2D eigenvalue weighted by molar-refractivity contribution is 1.48. The van der Waals surface area contributed by atoms with Crippen molar-refractivity contribution in [2.75, 3.05) is 0 Å². The van der Waals surface area contributed by atoms with E-state index < -0.39 is 0 Å². The Kier molecular flexibility index (Phi) is 2.34. The first-order valence-electron chi connectivity index (χ1n) is 4.36. The van der Waals surface area contributed by atoms with Crippen LogP contribution in [0.2, 0.25) is 0 Å². The van der Waals surface area contributed by atoms with Gasteiger partial charge in [0.1, 0.15) is 0 Å². The Labute approximate surface area is 87.3 Å². The maximum atomic E-state index is 8.67. The van der Waals surface area contributed by atoms with Gasteiger partial charge in [0, 0.05) is 4.88 Å². The zero-order valence-electron chi connectivity index (χ0n) is 7.82. The van der Waals surface area contributed by atoms with Crippen molar-refractivity contribution in [1.29, 1.82) is 5.26 Å². The van der Waals surface area contributed by atoms with Gasteiger partial charge in [-0.25, -0.2) is 0 Å². The van der Waals surface area contributed by atoms with Gasteiger partial charge < -0.3 is 0 Å². The van der Waals surface area contributed by atoms with Crippen LogP contribution in [0.1, 0.15) is 11.1 Å². The van der Waals surface area contributed by atoms with E-state index in [1.165, 1.54) is 16.0 Å². The predicted molar refractivity (Wildman–Crippen MR) is 59.2 cm³/mol. The van der Waals surface area contributed by atoms with Gasteiger partial charge >= 0.3 is 0 Å². The first kappa shape index (κ1) is 8.98. The zero-order valence-corrected chi connectivity index (χ0v) is 8.64. The molecule has 2 rings (SSSR count). The highest BCUT2D eigenvalue weighted by atomic mass is 32.1. The molecule has 1 heterocycles. The van der Waals surface area contributed by atoms with Gasteiger partial charge in [0.15, 0.2) is 0 Å². The fourth-order valence-corrected chi connectivity index (χ4v) is 2.30. The predicted octanol–water partition coefficient (Wildman–Crippen LogP) is 3.60. The summed E-state index contributed by atoms with van der Waals surface area (Å²) >= 11 is 1.73. The van der Waals surface area contributed by atoms with Gasteiger partial charge in [-0.3, -0.25) is 0 Å². The first-order chi connectivity index (χ1) is 6.81. The number of rotatable bonds is 1. The van der Waals surface area contributed by atoms with Crippen LogP contribution in [-0.2, 0) is 0 Å². The number of hydrogen-bond acceptors (Lipinski definition) is 2. The molecule has 0 aliphatic rings. The molecule has 0 unspecified atom stereocenters. The minimum absolute atomic E-state index is 0.711. The number of hydrogen-bond donors (Lipinski definition) is 0. The molecule has 68 valence electrons. The summed E-state index contributed by atoms with van der Waals surface area (Å²) in [5, 5.41) is 10.8. The molecule has 0 bridgehead atoms. The normalized spacial score (nSPS) is 9.71. The lowest BCUT2D eigenvalue weighted by atomic mass is 10.1. The van der Waals surface area contributed by atoms with E-state index in [0.717, 1.165) is 0 Å². The lowest BCUT2D eigenvalue weighted by Gasteiger charge is -1.99. The largest absolute Gasteiger partial charge is 0.192 e. The SMILES string of the molecule is Cc1ccsc1-c1ccc(C#N)cc1. The van der Waals surface area contributed by atoms with Crippen LogP contribution in [0.15, 0.2) is 35.7 Å². The van der Waals surface area contributed by atoms with Gasteiger partial charge in [0.2, 0.25) is 0 Å². The number of nitriles is 1. The molecule has 1 aromatic heterocycles. The monoisotopic (exact) mass is 199 g/mol. The van der Waals surface area contributed by atoms with Crippen LogP contribution >= 0.6 is 11.3 Å². The molecule has 0 radical (unpaired) electrons. The Morgan fingerprint density at radius 1 is 1.14 bits per heavy atom. The lowest BCUT2D eigenvalue weighted by Crippen LogP contribution is -1.77. The fraction of sp³-hybridized carbons (Fsp3) is 0.0833. The Morgan fingerprint density at radius 2 is 1.86 bits per heavy atom. The Bertz CT molecular complexity index is 474. The first-order valence-corrected chi connectivity index (χ1v) is 5.24. The topological polar surface area (TPSA) is 23.8 Å². The van der Waals surface area contributed by atoms with Crippen molar-refractivity contribution in [2.24, 2.45) is 0 Å². The van der Waals surface area contributed by atoms with Gasteiger partial charge in [-0.15, -0.1) is 11.3 Å². The molecule has 0 aliphatic carbocycles. The van der Waals surface area contributed by atoms with Crippen molar-refractivity contribution >= 4 is 11.3 Å². The summed E-state index contributed by atoms with van der Waals surface area (Å²) in [5.74, 6) is 0. The minimum atomic E-state index is 0.711. The average molecular weight is 199 g/mol. The molecule has 0 fully saturated rings. The van der Waals surface area contributed by atoms with Gasteiger partial charge in [-0.2, -0.15) is 5.26 Å². The Balaban J connectivity index is 2.45. The van der Waals surface area contributed by atoms with Crippen LogP contribution < -0.4 is 0 Å². The van der Waals surface area contributed by atoms with Crippen molar-refractivity contribution in [3.8, 4) is 16.5 Å². The van der Waals surface area contributed by atoms with E-state index in [-0.39, 0.29) is 0 Å². The molecule has 0 aliphatic heterocycles. The second-order valence-electron chi connectivity index (χ2n) is 3.12. The summed E-state index contributed by atoms with van der Waals surface area (Å²) in [6.45, 7) is 2.10. The van der Waals surface area contributed by atoms with Gasteiger partial charge in [0.05, 0.1) is 11.6 Å². The van der Waals surface area contributed by atoms with E-state index in [1.54, 1.807) is 11.3 Å². The zero-order chi connectivity index (χ0) is 9.97. The van der Waals surface area contributed by atoms with E-state index in [2.05, 4.69) is 24.4 Å². The van der Waals surface area contributed by atoms with Crippen LogP contribution in [0.5, 0.6) is 0 Å². The Morgan fingerprint density at radius 3 is 2.36 bits per heavy atom. The second kappa shape index (κ2) is 3.65. The van der Waals surface area contributed by atoms with Crippen LogP contribution in [0.3, 0.4) is 0 Å². The van der Waals surface area contributed by atoms with E-state index in [1.807, 2.05) is 24.3 Å². The fourth-order valence-electron chi connectivity index (χ4n) is 1.36. The number of nitrogens with zero attached hydrogens (tertiary/aromatic N) is 1. The molecule has 1 aromatic carbocycles. The van der Waals surface area contributed by atoms with E-state index in [4.69, 9.17) is 5.26 Å². The summed E-state index contributed by atoms with van der Waals surface area (Å²) in [5.41, 5.74) is 3.19. The summed E-state index contributed by atoms with van der Waals surface area (Å²) in [7, 11) is 0. The molecule has 14 heavy (non-hydrogen) atoms. The number of benzene rings is 1. The van der Waals surface area contributed by atoms with Crippen molar-refractivity contribution in [3.05, 3.63) is 46.8 Å². The standard InChI is InChI=1S/C12H9NS/c1-9-6-7-14-12(9)11-4-2-10(8-13)3-5-11/h2-7H,1H3. The summed E-state index contributed by atoms with van der Waals surface area (Å²) in [4.78, 5) is 1.29. The second-order valence-corrected chi connectivity index (χ2v) is 4.04. The van der Waals surface area contributed by atoms with Crippen molar-refractivity contribution in [2.45, 2.75) is 6.92 Å². The molecule has 2 heteroatoms.